The molecule has 0 saturated carbocycles. The molecule has 1 amide bonds. The topological polar surface area (TPSA) is 151 Å². The van der Waals surface area contributed by atoms with Crippen LogP contribution in [0.1, 0.15) is 63.7 Å². The number of fused-ring (bicyclic) bond motifs is 4. The Balaban J connectivity index is 2.06. The fourth-order valence-corrected chi connectivity index (χ4v) is 8.09. The normalized spacial score (nSPS) is 30.6. The number of hydrogen-bond donors (Lipinski definition) is 2. The molecule has 10 nitrogen and oxygen atoms in total. The van der Waals surface area contributed by atoms with Crippen LogP contribution in [0.5, 0.6) is 0 Å². The highest BCUT2D eigenvalue weighted by Crippen LogP contribution is 2.48. The second-order valence-corrected chi connectivity index (χ2v) is 13.0. The molecule has 1 unspecified atom stereocenters. The Morgan fingerprint density at radius 1 is 1.33 bits per heavy atom. The van der Waals surface area contributed by atoms with E-state index in [9.17, 15) is 33.6 Å². The smallest absolute Gasteiger partial charge is 0.316 e. The fourth-order valence-electron chi connectivity index (χ4n) is 4.35. The molecule has 1 aromatic heterocycles. The number of rotatable bonds is 5. The van der Waals surface area contributed by atoms with Crippen molar-refractivity contribution in [3.63, 3.8) is 0 Å². The molecule has 1 fully saturated rings. The van der Waals surface area contributed by atoms with Crippen LogP contribution in [0.15, 0.2) is 35.3 Å². The SMILES string of the molecule is CCOC(=O)CSC(=O)[C@](C)(O)[C@@]12CC/C(C)=C\[C@@H](O)C(=O)/C=C\C=C/c3csc(n3)[C@@H](C)N(C(=O)C1)S2=O. The van der Waals surface area contributed by atoms with Gasteiger partial charge in [-0.25, -0.2) is 9.19 Å². The fraction of sp³-hybridized carbons (Fsp3) is 0.500. The van der Waals surface area contributed by atoms with Crippen molar-refractivity contribution in [3.8, 4) is 0 Å². The lowest BCUT2D eigenvalue weighted by Gasteiger charge is -2.39. The zero-order chi connectivity index (χ0) is 29.0. The molecule has 2 N–H and O–H groups in total. The number of carbonyl (C=O) groups excluding carboxylic acids is 4. The quantitative estimate of drug-likeness (QED) is 0.383. The second-order valence-electron chi connectivity index (χ2n) is 9.46. The summed E-state index contributed by atoms with van der Waals surface area (Å²) in [5, 5.41) is 23.4. The van der Waals surface area contributed by atoms with Crippen molar-refractivity contribution < 1.29 is 38.3 Å². The summed E-state index contributed by atoms with van der Waals surface area (Å²) in [6, 6.07) is -0.711. The van der Waals surface area contributed by atoms with Crippen LogP contribution in [-0.2, 0) is 34.9 Å². The van der Waals surface area contributed by atoms with E-state index in [1.54, 1.807) is 38.3 Å². The molecular formula is C26H32N2O8S3. The number of ketones is 1. The zero-order valence-electron chi connectivity index (χ0n) is 22.1. The summed E-state index contributed by atoms with van der Waals surface area (Å²) < 4.78 is 18.4. The molecule has 3 heterocycles. The minimum absolute atomic E-state index is 0.0724. The van der Waals surface area contributed by atoms with Gasteiger partial charge in [-0.05, 0) is 58.8 Å². The van der Waals surface area contributed by atoms with Crippen molar-refractivity contribution in [2.24, 2.45) is 0 Å². The third-order valence-corrected chi connectivity index (χ3v) is 11.0. The summed E-state index contributed by atoms with van der Waals surface area (Å²) in [5.41, 5.74) is -1.18. The average molecular weight is 597 g/mol. The van der Waals surface area contributed by atoms with Crippen molar-refractivity contribution in [1.29, 1.82) is 0 Å². The van der Waals surface area contributed by atoms with Gasteiger partial charge in [0.15, 0.2) is 5.78 Å². The van der Waals surface area contributed by atoms with Crippen LogP contribution in [0.25, 0.3) is 6.08 Å². The van der Waals surface area contributed by atoms with E-state index in [0.717, 1.165) is 4.31 Å². The van der Waals surface area contributed by atoms with Gasteiger partial charge in [-0.1, -0.05) is 29.5 Å². The lowest BCUT2D eigenvalue weighted by atomic mass is 9.81. The number of aliphatic hydroxyl groups is 2. The van der Waals surface area contributed by atoms with Crippen LogP contribution in [0.4, 0.5) is 0 Å². The molecule has 2 aliphatic rings. The average Bonchev–Trinajstić information content (AvgIpc) is 3.45. The number of amides is 1. The Bertz CT molecular complexity index is 1250. The molecule has 5 atom stereocenters. The van der Waals surface area contributed by atoms with E-state index in [1.807, 2.05) is 0 Å². The molecule has 2 aliphatic heterocycles. The van der Waals surface area contributed by atoms with Crippen molar-refractivity contribution >= 4 is 62.9 Å². The summed E-state index contributed by atoms with van der Waals surface area (Å²) in [5.74, 6) is -2.06. The highest BCUT2D eigenvalue weighted by molar-refractivity contribution is 8.14. The van der Waals surface area contributed by atoms with E-state index >= 15 is 0 Å². The maximum atomic E-state index is 14.2. The second kappa shape index (κ2) is 12.8. The Hall–Kier alpha value is -2.45. The van der Waals surface area contributed by atoms with Crippen LogP contribution in [0, 0.1) is 0 Å². The number of aliphatic hydroxyl groups excluding tert-OH is 1. The first-order chi connectivity index (χ1) is 18.3. The zero-order valence-corrected chi connectivity index (χ0v) is 24.6. The summed E-state index contributed by atoms with van der Waals surface area (Å²) >= 11 is 1.80. The first-order valence-corrected chi connectivity index (χ1v) is 15.3. The first kappa shape index (κ1) is 31.1. The number of esters is 1. The Morgan fingerprint density at radius 2 is 2.03 bits per heavy atom. The first-order valence-electron chi connectivity index (χ1n) is 12.3. The molecule has 1 aromatic rings. The van der Waals surface area contributed by atoms with Crippen LogP contribution >= 0.6 is 23.1 Å². The summed E-state index contributed by atoms with van der Waals surface area (Å²) in [6.07, 6.45) is 5.57. The number of thioether (sulfide) groups is 1. The van der Waals surface area contributed by atoms with E-state index in [-0.39, 0.29) is 25.2 Å². The monoisotopic (exact) mass is 596 g/mol. The third kappa shape index (κ3) is 6.65. The van der Waals surface area contributed by atoms with E-state index < -0.39 is 62.7 Å². The van der Waals surface area contributed by atoms with E-state index in [1.165, 1.54) is 36.5 Å². The van der Waals surface area contributed by atoms with Gasteiger partial charge in [0.05, 0.1) is 30.5 Å². The predicted octanol–water partition coefficient (Wildman–Crippen LogP) is 2.65. The molecule has 1 saturated heterocycles. The lowest BCUT2D eigenvalue weighted by Crippen LogP contribution is -2.58. The molecule has 0 aromatic carbocycles. The third-order valence-electron chi connectivity index (χ3n) is 6.65. The number of allylic oxidation sites excluding steroid dienone is 3. The number of hydrogen-bond acceptors (Lipinski definition) is 11. The molecule has 0 radical (unpaired) electrons. The highest BCUT2D eigenvalue weighted by Gasteiger charge is 2.64. The van der Waals surface area contributed by atoms with Crippen LogP contribution in [0.2, 0.25) is 0 Å². The van der Waals surface area contributed by atoms with Crippen molar-refractivity contribution in [2.75, 3.05) is 12.4 Å². The molecular weight excluding hydrogens is 564 g/mol. The lowest BCUT2D eigenvalue weighted by molar-refractivity contribution is -0.140. The van der Waals surface area contributed by atoms with Crippen molar-refractivity contribution in [2.45, 2.75) is 69.5 Å². The van der Waals surface area contributed by atoms with Crippen LogP contribution in [-0.4, -0.2) is 75.3 Å². The number of thiazole rings is 1. The summed E-state index contributed by atoms with van der Waals surface area (Å²) in [7, 11) is -2.18. The molecule has 212 valence electrons. The van der Waals surface area contributed by atoms with Gasteiger partial charge in [0.2, 0.25) is 11.0 Å². The van der Waals surface area contributed by atoms with Gasteiger partial charge in [-0.2, -0.15) is 0 Å². The Kier molecular flexibility index (Phi) is 10.2. The van der Waals surface area contributed by atoms with Gasteiger partial charge < -0.3 is 14.9 Å². The minimum atomic E-state index is -2.28. The summed E-state index contributed by atoms with van der Waals surface area (Å²) in [4.78, 5) is 55.3. The van der Waals surface area contributed by atoms with Crippen molar-refractivity contribution in [1.82, 2.24) is 9.29 Å². The number of ether oxygens (including phenoxy) is 1. The van der Waals surface area contributed by atoms with E-state index in [2.05, 4.69) is 4.98 Å². The van der Waals surface area contributed by atoms with Crippen molar-refractivity contribution in [3.05, 3.63) is 46.0 Å². The summed E-state index contributed by atoms with van der Waals surface area (Å²) in [6.45, 7) is 6.30. The number of aromatic nitrogens is 1. The number of nitrogens with zero attached hydrogens (tertiary/aromatic N) is 2. The van der Waals surface area contributed by atoms with Crippen LogP contribution in [0.3, 0.4) is 0 Å². The molecule has 39 heavy (non-hydrogen) atoms. The van der Waals surface area contributed by atoms with Gasteiger partial charge in [0.1, 0.15) is 32.4 Å². The standard InChI is InChI=1S/C26H32N2O8S3/c1-5-36-22(32)15-38-24(33)25(4,34)26-11-10-16(2)12-20(30)19(29)9-7-6-8-18-14-37-23(27-18)17(3)28(39(26)35)21(31)13-26/h6-9,12,14,17,20,30,34H,5,10-11,13,15H2,1-4H3/b8-6-,9-7-,16-12-/t17-,20-,25+,26-,39?/m1/s1. The molecule has 4 bridgehead atoms. The van der Waals surface area contributed by atoms with E-state index in [4.69, 9.17) is 4.74 Å². The van der Waals surface area contributed by atoms with Gasteiger partial charge >= 0.3 is 5.97 Å². The highest BCUT2D eigenvalue weighted by atomic mass is 32.2. The van der Waals surface area contributed by atoms with Gasteiger partial charge in [0, 0.05) is 5.38 Å². The van der Waals surface area contributed by atoms with Gasteiger partial charge in [-0.15, -0.1) is 11.3 Å². The molecule has 3 rings (SSSR count). The van der Waals surface area contributed by atoms with Crippen LogP contribution < -0.4 is 0 Å². The maximum Gasteiger partial charge on any atom is 0.316 e. The number of carbonyl (C=O) groups is 4. The Labute approximate surface area is 237 Å². The molecule has 13 heteroatoms. The maximum absolute atomic E-state index is 14.2. The largest absolute Gasteiger partial charge is 0.465 e. The Morgan fingerprint density at radius 3 is 2.72 bits per heavy atom. The van der Waals surface area contributed by atoms with E-state index in [0.29, 0.717) is 28.0 Å². The molecule has 0 aliphatic carbocycles. The van der Waals surface area contributed by atoms with Gasteiger partial charge in [-0.3, -0.25) is 23.5 Å². The predicted molar refractivity (Wildman–Crippen MR) is 150 cm³/mol. The minimum Gasteiger partial charge on any atom is -0.465 e. The molecule has 0 spiro atoms. The van der Waals surface area contributed by atoms with Gasteiger partial charge in [0.25, 0.3) is 0 Å².